The molecule has 12 nitrogen and oxygen atoms in total. The van der Waals surface area contributed by atoms with Gasteiger partial charge in [0, 0.05) is 12.2 Å². The lowest BCUT2D eigenvalue weighted by Gasteiger charge is -2.20. The Balaban J connectivity index is 1.51. The molecule has 1 aromatic heterocycles. The molecule has 5 N–H and O–H groups in total. The summed E-state index contributed by atoms with van der Waals surface area (Å²) in [6.07, 6.45) is -1.53. The lowest BCUT2D eigenvalue weighted by molar-refractivity contribution is 0.0523. The Hall–Kier alpha value is -5.13. The van der Waals surface area contributed by atoms with Crippen molar-refractivity contribution in [1.82, 2.24) is 16.0 Å². The van der Waals surface area contributed by atoms with Gasteiger partial charge < -0.3 is 24.5 Å². The number of rotatable bonds is 7. The van der Waals surface area contributed by atoms with E-state index in [1.54, 1.807) is 69.3 Å². The number of alkyl carbamates (subject to hydrolysis) is 2. The molecule has 0 aliphatic rings. The van der Waals surface area contributed by atoms with Crippen LogP contribution in [0.3, 0.4) is 0 Å². The molecule has 0 atom stereocenters. The minimum atomic E-state index is -0.927. The summed E-state index contributed by atoms with van der Waals surface area (Å²) in [5.41, 5.74) is 1.13. The molecule has 0 spiro atoms. The summed E-state index contributed by atoms with van der Waals surface area (Å²) in [6.45, 7) is 5.34. The number of guanidine groups is 1. The van der Waals surface area contributed by atoms with Gasteiger partial charge in [-0.15, -0.1) is 0 Å². The van der Waals surface area contributed by atoms with E-state index in [4.69, 9.17) is 19.3 Å². The predicted octanol–water partition coefficient (Wildman–Crippen LogP) is 4.15. The highest BCUT2D eigenvalue weighted by Crippen LogP contribution is 2.18. The van der Waals surface area contributed by atoms with Crippen molar-refractivity contribution >= 4 is 35.6 Å². The molecule has 0 aliphatic heterocycles. The van der Waals surface area contributed by atoms with Gasteiger partial charge in [-0.05, 0) is 50.1 Å². The summed E-state index contributed by atoms with van der Waals surface area (Å²) in [5, 5.41) is 17.3. The highest BCUT2D eigenvalue weighted by atomic mass is 16.6. The molecule has 0 radical (unpaired) electrons. The largest absolute Gasteiger partial charge is 0.446 e. The second-order valence-electron chi connectivity index (χ2n) is 9.15. The van der Waals surface area contributed by atoms with Crippen molar-refractivity contribution in [3.8, 4) is 0 Å². The number of furan rings is 1. The Labute approximate surface area is 224 Å². The summed E-state index contributed by atoms with van der Waals surface area (Å²) in [4.78, 5) is 48.9. The number of anilines is 1. The molecule has 0 saturated heterocycles. The monoisotopic (exact) mass is 535 g/mol. The van der Waals surface area contributed by atoms with E-state index in [9.17, 15) is 19.2 Å². The van der Waals surface area contributed by atoms with Crippen LogP contribution in [0.25, 0.3) is 0 Å². The molecular weight excluding hydrogens is 506 g/mol. The van der Waals surface area contributed by atoms with Crippen molar-refractivity contribution in [2.24, 2.45) is 0 Å². The maximum atomic E-state index is 12.7. The number of nitrogens with one attached hydrogen (secondary N) is 5. The molecule has 0 saturated carbocycles. The van der Waals surface area contributed by atoms with Gasteiger partial charge in [0.05, 0.1) is 0 Å². The Morgan fingerprint density at radius 3 is 2.15 bits per heavy atom. The van der Waals surface area contributed by atoms with E-state index < -0.39 is 35.6 Å². The molecule has 3 rings (SSSR count). The van der Waals surface area contributed by atoms with Crippen LogP contribution in [0.5, 0.6) is 0 Å². The number of ether oxygens (including phenoxy) is 2. The Morgan fingerprint density at radius 2 is 1.46 bits per heavy atom. The second-order valence-corrected chi connectivity index (χ2v) is 9.15. The van der Waals surface area contributed by atoms with Gasteiger partial charge in [-0.2, -0.15) is 0 Å². The van der Waals surface area contributed by atoms with Gasteiger partial charge in [0.2, 0.25) is 5.96 Å². The SMILES string of the molecule is CC(C)(C)OC(=O)NCc1ccccc1NC(=O)c1ccc(C(=O)NC(=N)NC(=O)OCc2ccccc2)o1. The van der Waals surface area contributed by atoms with Crippen LogP contribution in [-0.4, -0.2) is 35.6 Å². The number of para-hydroxylation sites is 1. The van der Waals surface area contributed by atoms with Crippen molar-refractivity contribution in [1.29, 1.82) is 5.41 Å². The average molecular weight is 536 g/mol. The topological polar surface area (TPSA) is 172 Å². The molecule has 1 heterocycles. The third-order valence-electron chi connectivity index (χ3n) is 4.82. The summed E-state index contributed by atoms with van der Waals surface area (Å²) >= 11 is 0. The van der Waals surface area contributed by atoms with Gasteiger partial charge >= 0.3 is 12.2 Å². The van der Waals surface area contributed by atoms with Crippen LogP contribution in [0.2, 0.25) is 0 Å². The Kier molecular flexibility index (Phi) is 9.41. The second kappa shape index (κ2) is 12.9. The zero-order chi connectivity index (χ0) is 28.4. The molecule has 0 aliphatic carbocycles. The van der Waals surface area contributed by atoms with Gasteiger partial charge in [-0.25, -0.2) is 9.59 Å². The van der Waals surface area contributed by atoms with Gasteiger partial charge in [0.1, 0.15) is 12.2 Å². The van der Waals surface area contributed by atoms with Gasteiger partial charge in [0.15, 0.2) is 11.5 Å². The molecular formula is C27H29N5O7. The van der Waals surface area contributed by atoms with E-state index in [1.165, 1.54) is 12.1 Å². The number of carbonyl (C=O) groups excluding carboxylic acids is 4. The number of benzene rings is 2. The Bertz CT molecular complexity index is 1350. The first-order chi connectivity index (χ1) is 18.5. The van der Waals surface area contributed by atoms with Crippen LogP contribution >= 0.6 is 0 Å². The first-order valence-electron chi connectivity index (χ1n) is 11.8. The summed E-state index contributed by atoms with van der Waals surface area (Å²) < 4.78 is 15.5. The lowest BCUT2D eigenvalue weighted by Crippen LogP contribution is -2.43. The molecule has 39 heavy (non-hydrogen) atoms. The minimum absolute atomic E-state index is 0.00918. The molecule has 4 amide bonds. The summed E-state index contributed by atoms with van der Waals surface area (Å²) in [5.74, 6) is -2.56. The average Bonchev–Trinajstić information content (AvgIpc) is 3.37. The molecule has 0 unspecified atom stereocenters. The highest BCUT2D eigenvalue weighted by molar-refractivity contribution is 6.08. The van der Waals surface area contributed by atoms with Crippen molar-refractivity contribution < 1.29 is 33.1 Å². The normalized spacial score (nSPS) is 10.6. The maximum Gasteiger partial charge on any atom is 0.414 e. The van der Waals surface area contributed by atoms with E-state index in [0.717, 1.165) is 5.56 Å². The van der Waals surface area contributed by atoms with Crippen LogP contribution in [0.4, 0.5) is 15.3 Å². The number of hydrogen-bond donors (Lipinski definition) is 5. The lowest BCUT2D eigenvalue weighted by atomic mass is 10.1. The maximum absolute atomic E-state index is 12.7. The number of hydrogen-bond acceptors (Lipinski definition) is 8. The van der Waals surface area contributed by atoms with Gasteiger partial charge in [-0.1, -0.05) is 48.5 Å². The fraction of sp³-hybridized carbons (Fsp3) is 0.222. The van der Waals surface area contributed by atoms with Crippen LogP contribution in [0, 0.1) is 5.41 Å². The first kappa shape index (κ1) is 28.4. The molecule has 12 heteroatoms. The minimum Gasteiger partial charge on any atom is -0.446 e. The van der Waals surface area contributed by atoms with E-state index in [-0.39, 0.29) is 24.7 Å². The number of amides is 4. The van der Waals surface area contributed by atoms with Gasteiger partial charge in [0.25, 0.3) is 11.8 Å². The fourth-order valence-electron chi connectivity index (χ4n) is 3.11. The quantitative estimate of drug-likeness (QED) is 0.223. The first-order valence-corrected chi connectivity index (χ1v) is 11.8. The summed E-state index contributed by atoms with van der Waals surface area (Å²) in [7, 11) is 0. The zero-order valence-electron chi connectivity index (χ0n) is 21.6. The third kappa shape index (κ3) is 9.35. The molecule has 204 valence electrons. The molecule has 2 aromatic carbocycles. The van der Waals surface area contributed by atoms with E-state index in [1.807, 2.05) is 6.07 Å². The standard InChI is InChI=1S/C27H29N5O7/c1-27(2,3)39-25(35)29-15-18-11-7-8-12-19(18)30-22(33)20-13-14-21(38-20)23(34)31-24(28)32-26(36)37-16-17-9-5-4-6-10-17/h4-14H,15-16H2,1-3H3,(H,29,35)(H,30,33)(H3,28,31,32,34,36). The van der Waals surface area contributed by atoms with Crippen molar-refractivity contribution in [3.63, 3.8) is 0 Å². The Morgan fingerprint density at radius 1 is 0.821 bits per heavy atom. The van der Waals surface area contributed by atoms with E-state index in [0.29, 0.717) is 11.3 Å². The predicted molar refractivity (Wildman–Crippen MR) is 141 cm³/mol. The van der Waals surface area contributed by atoms with Crippen LogP contribution in [-0.2, 0) is 22.6 Å². The van der Waals surface area contributed by atoms with E-state index in [2.05, 4.69) is 21.3 Å². The van der Waals surface area contributed by atoms with Gasteiger partial charge in [-0.3, -0.25) is 25.6 Å². The highest BCUT2D eigenvalue weighted by Gasteiger charge is 2.19. The van der Waals surface area contributed by atoms with Crippen LogP contribution in [0.15, 0.2) is 71.1 Å². The fourth-order valence-corrected chi connectivity index (χ4v) is 3.11. The van der Waals surface area contributed by atoms with Crippen molar-refractivity contribution in [2.45, 2.75) is 39.5 Å². The van der Waals surface area contributed by atoms with Crippen molar-refractivity contribution in [2.75, 3.05) is 5.32 Å². The zero-order valence-corrected chi connectivity index (χ0v) is 21.6. The summed E-state index contributed by atoms with van der Waals surface area (Å²) in [6, 6.07) is 18.3. The number of carbonyl (C=O) groups is 4. The smallest absolute Gasteiger partial charge is 0.414 e. The van der Waals surface area contributed by atoms with E-state index >= 15 is 0 Å². The van der Waals surface area contributed by atoms with Crippen LogP contribution < -0.4 is 21.3 Å². The van der Waals surface area contributed by atoms with Crippen molar-refractivity contribution in [3.05, 3.63) is 89.4 Å². The molecule has 0 bridgehead atoms. The van der Waals surface area contributed by atoms with Crippen LogP contribution in [0.1, 0.15) is 53.0 Å². The molecule has 3 aromatic rings. The molecule has 0 fully saturated rings. The third-order valence-corrected chi connectivity index (χ3v) is 4.82.